The third-order valence-corrected chi connectivity index (χ3v) is 5.24. The van der Waals surface area contributed by atoms with Gasteiger partial charge >= 0.3 is 0 Å². The summed E-state index contributed by atoms with van der Waals surface area (Å²) in [5.41, 5.74) is 0.938. The molecule has 2 heterocycles. The van der Waals surface area contributed by atoms with Gasteiger partial charge in [0.1, 0.15) is 6.07 Å². The van der Waals surface area contributed by atoms with Gasteiger partial charge < -0.3 is 19.5 Å². The molecule has 0 atom stereocenters. The summed E-state index contributed by atoms with van der Waals surface area (Å²) in [7, 11) is 1.51. The maximum atomic E-state index is 12.7. The van der Waals surface area contributed by atoms with Crippen molar-refractivity contribution in [1.29, 1.82) is 5.26 Å². The van der Waals surface area contributed by atoms with Gasteiger partial charge in [-0.2, -0.15) is 5.26 Å². The molecular formula is C19H21ClN4O3. The number of nitrogens with one attached hydrogen (secondary N) is 1. The van der Waals surface area contributed by atoms with Crippen molar-refractivity contribution < 1.29 is 14.1 Å². The van der Waals surface area contributed by atoms with Gasteiger partial charge in [0.05, 0.1) is 24.9 Å². The van der Waals surface area contributed by atoms with Gasteiger partial charge in [-0.1, -0.05) is 18.5 Å². The van der Waals surface area contributed by atoms with Crippen molar-refractivity contribution in [2.45, 2.75) is 26.3 Å². The van der Waals surface area contributed by atoms with Crippen LogP contribution in [0.1, 0.15) is 31.1 Å². The Kier molecular flexibility index (Phi) is 5.57. The lowest BCUT2D eigenvalue weighted by atomic mass is 9.79. The second-order valence-electron chi connectivity index (χ2n) is 6.84. The van der Waals surface area contributed by atoms with Gasteiger partial charge in [-0.15, -0.1) is 0 Å². The molecule has 1 aliphatic heterocycles. The van der Waals surface area contributed by atoms with Gasteiger partial charge in [0.15, 0.2) is 5.76 Å². The number of piperidine rings is 1. The minimum atomic E-state index is -0.472. The van der Waals surface area contributed by atoms with E-state index in [1.54, 1.807) is 18.2 Å². The molecule has 1 N–H and O–H groups in total. The predicted octanol–water partition coefficient (Wildman–Crippen LogP) is 3.13. The molecule has 0 bridgehead atoms. The van der Waals surface area contributed by atoms with Crippen molar-refractivity contribution in [3.63, 3.8) is 0 Å². The summed E-state index contributed by atoms with van der Waals surface area (Å²) in [4.78, 5) is 14.8. The molecule has 142 valence electrons. The van der Waals surface area contributed by atoms with Crippen molar-refractivity contribution in [1.82, 2.24) is 10.5 Å². The van der Waals surface area contributed by atoms with E-state index in [2.05, 4.69) is 21.4 Å². The van der Waals surface area contributed by atoms with E-state index in [9.17, 15) is 10.1 Å². The van der Waals surface area contributed by atoms with Crippen molar-refractivity contribution in [2.75, 3.05) is 25.1 Å². The monoisotopic (exact) mass is 388 g/mol. The second-order valence-corrected chi connectivity index (χ2v) is 7.28. The molecule has 1 aliphatic rings. The van der Waals surface area contributed by atoms with Gasteiger partial charge in [-0.25, -0.2) is 0 Å². The number of hydrogen-bond acceptors (Lipinski definition) is 6. The van der Waals surface area contributed by atoms with E-state index in [1.165, 1.54) is 7.11 Å². The zero-order chi connectivity index (χ0) is 19.4. The van der Waals surface area contributed by atoms with Crippen LogP contribution in [0.3, 0.4) is 0 Å². The third kappa shape index (κ3) is 4.17. The van der Waals surface area contributed by atoms with Crippen LogP contribution in [0.15, 0.2) is 28.8 Å². The number of halogens is 1. The highest BCUT2D eigenvalue weighted by atomic mass is 35.5. The molecule has 27 heavy (non-hydrogen) atoms. The first kappa shape index (κ1) is 19.1. The van der Waals surface area contributed by atoms with Gasteiger partial charge in [-0.3, -0.25) is 4.79 Å². The van der Waals surface area contributed by atoms with Gasteiger partial charge in [0.2, 0.25) is 5.91 Å². The fraction of sp³-hybridized carbons (Fsp3) is 0.421. The Labute approximate surface area is 162 Å². The Hall–Kier alpha value is -2.72. The number of methoxy groups -OCH3 is 1. The second kappa shape index (κ2) is 7.89. The number of rotatable bonds is 5. The van der Waals surface area contributed by atoms with Crippen molar-refractivity contribution in [3.8, 4) is 11.9 Å². The maximum absolute atomic E-state index is 12.7. The standard InChI is InChI=1S/C19H21ClN4O3/c1-19(18(25)22-12-15-10-17(26-2)23-27-15)5-7-24(8-6-19)16-4-3-14(20)9-13(16)11-21/h3-4,9-10H,5-8,12H2,1-2H3,(H,22,25). The van der Waals surface area contributed by atoms with E-state index in [1.807, 2.05) is 13.0 Å². The fourth-order valence-electron chi connectivity index (χ4n) is 3.20. The fourth-order valence-corrected chi connectivity index (χ4v) is 3.37. The molecule has 3 rings (SSSR count). The van der Waals surface area contributed by atoms with Crippen LogP contribution in [-0.4, -0.2) is 31.3 Å². The number of nitriles is 1. The molecule has 8 heteroatoms. The number of carbonyl (C=O) groups is 1. The van der Waals surface area contributed by atoms with E-state index in [0.717, 1.165) is 5.69 Å². The van der Waals surface area contributed by atoms with Gasteiger partial charge in [0.25, 0.3) is 5.88 Å². The van der Waals surface area contributed by atoms with Crippen LogP contribution >= 0.6 is 11.6 Å². The smallest absolute Gasteiger partial charge is 0.254 e. The minimum Gasteiger partial charge on any atom is -0.479 e. The first-order chi connectivity index (χ1) is 12.9. The zero-order valence-corrected chi connectivity index (χ0v) is 16.0. The lowest BCUT2D eigenvalue weighted by Gasteiger charge is -2.39. The molecule has 1 fully saturated rings. The first-order valence-electron chi connectivity index (χ1n) is 8.68. The molecule has 0 unspecified atom stereocenters. The number of benzene rings is 1. The van der Waals surface area contributed by atoms with E-state index in [0.29, 0.717) is 48.2 Å². The SMILES string of the molecule is COc1cc(CNC(=O)C2(C)CCN(c3ccc(Cl)cc3C#N)CC2)on1. The Morgan fingerprint density at radius 3 is 2.81 bits per heavy atom. The summed E-state index contributed by atoms with van der Waals surface area (Å²) in [5.74, 6) is 0.908. The summed E-state index contributed by atoms with van der Waals surface area (Å²) in [6.07, 6.45) is 1.37. The number of anilines is 1. The molecule has 0 spiro atoms. The normalized spacial score (nSPS) is 15.9. The van der Waals surface area contributed by atoms with Gasteiger partial charge in [-0.05, 0) is 36.2 Å². The Morgan fingerprint density at radius 2 is 2.19 bits per heavy atom. The summed E-state index contributed by atoms with van der Waals surface area (Å²) < 4.78 is 10.1. The van der Waals surface area contributed by atoms with Crippen molar-refractivity contribution >= 4 is 23.2 Å². The van der Waals surface area contributed by atoms with E-state index >= 15 is 0 Å². The summed E-state index contributed by atoms with van der Waals surface area (Å²) in [5, 5.41) is 16.5. The van der Waals surface area contributed by atoms with E-state index < -0.39 is 5.41 Å². The Balaban J connectivity index is 1.60. The number of carbonyl (C=O) groups excluding carboxylic acids is 1. The molecule has 0 radical (unpaired) electrons. The molecule has 0 aliphatic carbocycles. The van der Waals surface area contributed by atoms with E-state index in [4.69, 9.17) is 20.9 Å². The summed E-state index contributed by atoms with van der Waals surface area (Å²) in [6, 6.07) is 9.15. The van der Waals surface area contributed by atoms with Crippen LogP contribution in [0.4, 0.5) is 5.69 Å². The lowest BCUT2D eigenvalue weighted by Crippen LogP contribution is -2.47. The molecule has 1 aromatic carbocycles. The first-order valence-corrected chi connectivity index (χ1v) is 9.05. The number of ether oxygens (including phenoxy) is 1. The highest BCUT2D eigenvalue weighted by molar-refractivity contribution is 6.30. The summed E-state index contributed by atoms with van der Waals surface area (Å²) in [6.45, 7) is 3.62. The molecule has 1 aromatic heterocycles. The zero-order valence-electron chi connectivity index (χ0n) is 15.3. The molecule has 7 nitrogen and oxygen atoms in total. The molecule has 0 saturated carbocycles. The Morgan fingerprint density at radius 1 is 1.44 bits per heavy atom. The third-order valence-electron chi connectivity index (χ3n) is 5.00. The van der Waals surface area contributed by atoms with E-state index in [-0.39, 0.29) is 12.5 Å². The van der Waals surface area contributed by atoms with Crippen LogP contribution in [0, 0.1) is 16.7 Å². The van der Waals surface area contributed by atoms with Crippen LogP contribution in [-0.2, 0) is 11.3 Å². The number of hydrogen-bond donors (Lipinski definition) is 1. The predicted molar refractivity (Wildman–Crippen MR) is 101 cm³/mol. The highest BCUT2D eigenvalue weighted by Gasteiger charge is 2.37. The van der Waals surface area contributed by atoms with Crippen LogP contribution in [0.25, 0.3) is 0 Å². The Bertz CT molecular complexity index is 866. The van der Waals surface area contributed by atoms with Crippen LogP contribution in [0.2, 0.25) is 5.02 Å². The molecule has 2 aromatic rings. The van der Waals surface area contributed by atoms with Gasteiger partial charge in [0, 0.05) is 29.6 Å². The number of aromatic nitrogens is 1. The van der Waals surface area contributed by atoms with Crippen molar-refractivity contribution in [2.24, 2.45) is 5.41 Å². The average molecular weight is 389 g/mol. The topological polar surface area (TPSA) is 91.4 Å². The molecule has 1 amide bonds. The number of amides is 1. The van der Waals surface area contributed by atoms with Crippen molar-refractivity contribution in [3.05, 3.63) is 40.6 Å². The summed E-state index contributed by atoms with van der Waals surface area (Å²) >= 11 is 5.97. The number of nitrogens with zero attached hydrogens (tertiary/aromatic N) is 3. The highest BCUT2D eigenvalue weighted by Crippen LogP contribution is 2.35. The van der Waals surface area contributed by atoms with Crippen LogP contribution < -0.4 is 15.0 Å². The largest absolute Gasteiger partial charge is 0.479 e. The maximum Gasteiger partial charge on any atom is 0.254 e. The van der Waals surface area contributed by atoms with Crippen LogP contribution in [0.5, 0.6) is 5.88 Å². The quantitative estimate of drug-likeness (QED) is 0.846. The average Bonchev–Trinajstić information content (AvgIpc) is 3.15. The minimum absolute atomic E-state index is 0.0193. The lowest BCUT2D eigenvalue weighted by molar-refractivity contribution is -0.131. The molecular weight excluding hydrogens is 368 g/mol. The molecule has 1 saturated heterocycles.